The van der Waals surface area contributed by atoms with Crippen LogP contribution in [0.15, 0.2) is 4.79 Å². The van der Waals surface area contributed by atoms with Crippen LogP contribution in [0.4, 0.5) is 0 Å². The van der Waals surface area contributed by atoms with E-state index < -0.39 is 0 Å². The van der Waals surface area contributed by atoms with Gasteiger partial charge in [-0.1, -0.05) is 0 Å². The van der Waals surface area contributed by atoms with Crippen LogP contribution in [0.2, 0.25) is 0 Å². The Hall–Kier alpha value is -1.73. The Morgan fingerprint density at radius 2 is 2.15 bits per heavy atom. The molecule has 0 saturated heterocycles. The van der Waals surface area contributed by atoms with Gasteiger partial charge in [0.25, 0.3) is 11.5 Å². The predicted octanol–water partition coefficient (Wildman–Crippen LogP) is 1.10. The van der Waals surface area contributed by atoms with E-state index in [-0.39, 0.29) is 11.5 Å². The molecule has 6 nitrogen and oxygen atoms in total. The van der Waals surface area contributed by atoms with Gasteiger partial charge in [-0.15, -0.1) is 11.3 Å². The van der Waals surface area contributed by atoms with E-state index in [4.69, 9.17) is 0 Å². The fraction of sp³-hybridized carbons (Fsp3) is 0.462. The number of hydrogen-bond acceptors (Lipinski definition) is 5. The van der Waals surface area contributed by atoms with Gasteiger partial charge in [0.2, 0.25) is 0 Å². The molecule has 2 N–H and O–H groups in total. The first-order valence-corrected chi connectivity index (χ1v) is 7.21. The molecule has 0 fully saturated rings. The van der Waals surface area contributed by atoms with Crippen molar-refractivity contribution in [3.63, 3.8) is 0 Å². The van der Waals surface area contributed by atoms with Gasteiger partial charge in [0.1, 0.15) is 10.7 Å². The van der Waals surface area contributed by atoms with E-state index in [1.807, 2.05) is 25.9 Å². The predicted molar refractivity (Wildman–Crippen MR) is 80.4 cm³/mol. The number of fused-ring (bicyclic) bond motifs is 1. The largest absolute Gasteiger partial charge is 0.352 e. The Kier molecular flexibility index (Phi) is 4.20. The molecule has 0 spiro atoms. The highest BCUT2D eigenvalue weighted by atomic mass is 32.1. The molecule has 108 valence electrons. The SMILES string of the molecule is CCNC(=O)c1sc2nc(CN(C)C)[nH]c(=O)c2c1C. The number of rotatable bonds is 4. The van der Waals surface area contributed by atoms with E-state index in [9.17, 15) is 9.59 Å². The lowest BCUT2D eigenvalue weighted by Crippen LogP contribution is -2.22. The summed E-state index contributed by atoms with van der Waals surface area (Å²) in [6.45, 7) is 4.76. The Labute approximate surface area is 120 Å². The second-order valence-electron chi connectivity index (χ2n) is 4.85. The third kappa shape index (κ3) is 2.73. The topological polar surface area (TPSA) is 78.1 Å². The van der Waals surface area contributed by atoms with Gasteiger partial charge in [0.15, 0.2) is 0 Å². The van der Waals surface area contributed by atoms with Gasteiger partial charge in [-0.2, -0.15) is 0 Å². The zero-order chi connectivity index (χ0) is 14.9. The first-order chi connectivity index (χ1) is 9.43. The van der Waals surface area contributed by atoms with Crippen molar-refractivity contribution >= 4 is 27.5 Å². The van der Waals surface area contributed by atoms with Gasteiger partial charge in [-0.3, -0.25) is 9.59 Å². The van der Waals surface area contributed by atoms with Gasteiger partial charge in [0.05, 0.1) is 16.8 Å². The van der Waals surface area contributed by atoms with Crippen molar-refractivity contribution in [2.45, 2.75) is 20.4 Å². The maximum Gasteiger partial charge on any atom is 0.261 e. The summed E-state index contributed by atoms with van der Waals surface area (Å²) in [4.78, 5) is 34.4. The van der Waals surface area contributed by atoms with Crippen molar-refractivity contribution in [2.24, 2.45) is 0 Å². The van der Waals surface area contributed by atoms with Crippen molar-refractivity contribution in [2.75, 3.05) is 20.6 Å². The highest BCUT2D eigenvalue weighted by Gasteiger charge is 2.18. The van der Waals surface area contributed by atoms with Crippen LogP contribution in [-0.4, -0.2) is 41.4 Å². The molecule has 0 aliphatic carbocycles. The van der Waals surface area contributed by atoms with Crippen molar-refractivity contribution in [3.05, 3.63) is 26.6 Å². The van der Waals surface area contributed by atoms with E-state index in [0.717, 1.165) is 0 Å². The molecule has 0 unspecified atom stereocenters. The molecule has 2 rings (SSSR count). The lowest BCUT2D eigenvalue weighted by Gasteiger charge is -2.07. The van der Waals surface area contributed by atoms with Gasteiger partial charge in [-0.05, 0) is 33.5 Å². The van der Waals surface area contributed by atoms with Crippen molar-refractivity contribution in [1.82, 2.24) is 20.2 Å². The minimum Gasteiger partial charge on any atom is -0.352 e. The average Bonchev–Trinajstić information content (AvgIpc) is 2.66. The zero-order valence-electron chi connectivity index (χ0n) is 12.0. The number of nitrogens with zero attached hydrogens (tertiary/aromatic N) is 2. The third-order valence-electron chi connectivity index (χ3n) is 2.86. The molecular formula is C13H18N4O2S. The number of aromatic amines is 1. The number of thiophene rings is 1. The van der Waals surface area contributed by atoms with Crippen molar-refractivity contribution in [1.29, 1.82) is 0 Å². The number of hydrogen-bond donors (Lipinski definition) is 2. The number of H-pyrrole nitrogens is 1. The summed E-state index contributed by atoms with van der Waals surface area (Å²) < 4.78 is 0. The molecule has 0 aromatic carbocycles. The monoisotopic (exact) mass is 294 g/mol. The van der Waals surface area contributed by atoms with E-state index in [2.05, 4.69) is 15.3 Å². The number of aromatic nitrogens is 2. The zero-order valence-corrected chi connectivity index (χ0v) is 12.8. The fourth-order valence-electron chi connectivity index (χ4n) is 2.02. The molecule has 0 saturated carbocycles. The number of carbonyl (C=O) groups is 1. The fourth-order valence-corrected chi connectivity index (χ4v) is 3.14. The Bertz CT molecular complexity index is 702. The van der Waals surface area contributed by atoms with Crippen LogP contribution in [0.5, 0.6) is 0 Å². The van der Waals surface area contributed by atoms with E-state index in [1.54, 1.807) is 6.92 Å². The molecule has 0 radical (unpaired) electrons. The highest BCUT2D eigenvalue weighted by Crippen LogP contribution is 2.26. The second kappa shape index (κ2) is 5.72. The van der Waals surface area contributed by atoms with Crippen LogP contribution in [0.1, 0.15) is 28.0 Å². The molecule has 7 heteroatoms. The molecule has 0 aliphatic heterocycles. The lowest BCUT2D eigenvalue weighted by molar-refractivity contribution is 0.0959. The molecule has 20 heavy (non-hydrogen) atoms. The smallest absolute Gasteiger partial charge is 0.261 e. The van der Waals surface area contributed by atoms with Crippen molar-refractivity contribution in [3.8, 4) is 0 Å². The lowest BCUT2D eigenvalue weighted by atomic mass is 10.2. The van der Waals surface area contributed by atoms with E-state index in [1.165, 1.54) is 11.3 Å². The molecule has 2 aromatic heterocycles. The quantitative estimate of drug-likeness (QED) is 0.885. The molecule has 1 amide bonds. The third-order valence-corrected chi connectivity index (χ3v) is 4.04. The molecular weight excluding hydrogens is 276 g/mol. The number of carbonyl (C=O) groups excluding carboxylic acids is 1. The van der Waals surface area contributed by atoms with Crippen LogP contribution in [0.25, 0.3) is 10.2 Å². The van der Waals surface area contributed by atoms with Crippen LogP contribution in [0.3, 0.4) is 0 Å². The average molecular weight is 294 g/mol. The highest BCUT2D eigenvalue weighted by molar-refractivity contribution is 7.20. The van der Waals surface area contributed by atoms with Crippen LogP contribution >= 0.6 is 11.3 Å². The molecule has 0 bridgehead atoms. The van der Waals surface area contributed by atoms with E-state index in [0.29, 0.717) is 39.6 Å². The minimum atomic E-state index is -0.184. The Balaban J connectivity index is 2.56. The summed E-state index contributed by atoms with van der Waals surface area (Å²) in [6.07, 6.45) is 0. The minimum absolute atomic E-state index is 0.151. The van der Waals surface area contributed by atoms with Crippen LogP contribution in [0, 0.1) is 6.92 Å². The van der Waals surface area contributed by atoms with Gasteiger partial charge < -0.3 is 15.2 Å². The number of nitrogens with one attached hydrogen (secondary N) is 2. The molecule has 0 atom stereocenters. The van der Waals surface area contributed by atoms with Gasteiger partial charge in [-0.25, -0.2) is 4.98 Å². The number of amides is 1. The Morgan fingerprint density at radius 1 is 1.45 bits per heavy atom. The molecule has 2 aromatic rings. The maximum absolute atomic E-state index is 12.2. The maximum atomic E-state index is 12.2. The molecule has 2 heterocycles. The summed E-state index contributed by atoms with van der Waals surface area (Å²) in [5.74, 6) is 0.456. The summed E-state index contributed by atoms with van der Waals surface area (Å²) in [7, 11) is 3.81. The summed E-state index contributed by atoms with van der Waals surface area (Å²) in [5.41, 5.74) is 0.511. The van der Waals surface area contributed by atoms with E-state index >= 15 is 0 Å². The second-order valence-corrected chi connectivity index (χ2v) is 5.85. The standard InChI is InChI=1S/C13H18N4O2S/c1-5-14-12(19)10-7(2)9-11(18)15-8(6-17(3)4)16-13(9)20-10/h5-6H2,1-4H3,(H,14,19)(H,15,16,18). The van der Waals surface area contributed by atoms with Crippen molar-refractivity contribution < 1.29 is 4.79 Å². The number of aryl methyl sites for hydroxylation is 1. The summed E-state index contributed by atoms with van der Waals surface area (Å²) in [5, 5.41) is 3.27. The van der Waals surface area contributed by atoms with Gasteiger partial charge in [0, 0.05) is 6.54 Å². The first kappa shape index (κ1) is 14.7. The summed E-state index contributed by atoms with van der Waals surface area (Å²) >= 11 is 1.27. The first-order valence-electron chi connectivity index (χ1n) is 6.39. The van der Waals surface area contributed by atoms with Crippen LogP contribution in [-0.2, 0) is 6.54 Å². The molecule has 0 aliphatic rings. The summed E-state index contributed by atoms with van der Waals surface area (Å²) in [6, 6.07) is 0. The van der Waals surface area contributed by atoms with Crippen LogP contribution < -0.4 is 10.9 Å². The Morgan fingerprint density at radius 3 is 2.75 bits per heavy atom. The van der Waals surface area contributed by atoms with Gasteiger partial charge >= 0.3 is 0 Å². The normalized spacial score (nSPS) is 11.2.